The summed E-state index contributed by atoms with van der Waals surface area (Å²) >= 11 is 0. The van der Waals surface area contributed by atoms with Crippen LogP contribution in [0, 0.1) is 0 Å². The number of hydrogen-bond donors (Lipinski definition) is 2. The number of ether oxygens (including phenoxy) is 1. The maximum absolute atomic E-state index is 12.4. The molecular weight excluding hydrogens is 354 g/mol. The maximum atomic E-state index is 12.4. The molecule has 0 spiro atoms. The Hall–Kier alpha value is -3.60. The molecule has 5 heteroatoms. The van der Waals surface area contributed by atoms with Gasteiger partial charge < -0.3 is 15.2 Å². The van der Waals surface area contributed by atoms with Gasteiger partial charge in [-0.25, -0.2) is 4.79 Å². The van der Waals surface area contributed by atoms with Gasteiger partial charge in [0, 0.05) is 12.0 Å². The van der Waals surface area contributed by atoms with E-state index in [0.29, 0.717) is 12.0 Å². The average Bonchev–Trinajstić information content (AvgIpc) is 2.74. The SMILES string of the molecule is COC(=O)[C@H](Cc1ccc(-c2ccccc2)cc1)NC(=O)c1ccc(O)cc1. The second kappa shape index (κ2) is 8.86. The number of phenols is 1. The Labute approximate surface area is 163 Å². The van der Waals surface area contributed by atoms with E-state index in [2.05, 4.69) is 5.32 Å². The molecule has 1 atom stereocenters. The average molecular weight is 375 g/mol. The minimum atomic E-state index is -0.811. The topological polar surface area (TPSA) is 75.6 Å². The second-order valence-corrected chi connectivity index (χ2v) is 6.36. The van der Waals surface area contributed by atoms with Crippen molar-refractivity contribution in [1.82, 2.24) is 5.32 Å². The Bertz CT molecular complexity index is 935. The molecule has 1 amide bonds. The van der Waals surface area contributed by atoms with Gasteiger partial charge in [0.25, 0.3) is 5.91 Å². The van der Waals surface area contributed by atoms with Crippen molar-refractivity contribution in [3.63, 3.8) is 0 Å². The van der Waals surface area contributed by atoms with Crippen LogP contribution in [0.15, 0.2) is 78.9 Å². The van der Waals surface area contributed by atoms with Crippen molar-refractivity contribution < 1.29 is 19.4 Å². The van der Waals surface area contributed by atoms with Crippen LogP contribution < -0.4 is 5.32 Å². The highest BCUT2D eigenvalue weighted by Gasteiger charge is 2.22. The molecular formula is C23H21NO4. The lowest BCUT2D eigenvalue weighted by atomic mass is 10.0. The van der Waals surface area contributed by atoms with Crippen molar-refractivity contribution in [3.05, 3.63) is 90.0 Å². The van der Waals surface area contributed by atoms with Crippen molar-refractivity contribution in [3.8, 4) is 16.9 Å². The van der Waals surface area contributed by atoms with Crippen LogP contribution in [0.5, 0.6) is 5.75 Å². The summed E-state index contributed by atoms with van der Waals surface area (Å²) in [7, 11) is 1.29. The number of aromatic hydroxyl groups is 1. The normalized spacial score (nSPS) is 11.5. The van der Waals surface area contributed by atoms with Crippen LogP contribution >= 0.6 is 0 Å². The number of benzene rings is 3. The lowest BCUT2D eigenvalue weighted by Gasteiger charge is -2.17. The fraction of sp³-hybridized carbons (Fsp3) is 0.130. The lowest BCUT2D eigenvalue weighted by Crippen LogP contribution is -2.43. The molecule has 0 heterocycles. The van der Waals surface area contributed by atoms with Crippen LogP contribution in [-0.2, 0) is 16.0 Å². The van der Waals surface area contributed by atoms with E-state index in [4.69, 9.17) is 4.74 Å². The smallest absolute Gasteiger partial charge is 0.328 e. The van der Waals surface area contributed by atoms with Gasteiger partial charge >= 0.3 is 5.97 Å². The van der Waals surface area contributed by atoms with Gasteiger partial charge in [-0.3, -0.25) is 4.79 Å². The Morgan fingerprint density at radius 2 is 1.50 bits per heavy atom. The fourth-order valence-electron chi connectivity index (χ4n) is 2.89. The number of hydrogen-bond acceptors (Lipinski definition) is 4. The molecule has 0 aliphatic carbocycles. The lowest BCUT2D eigenvalue weighted by molar-refractivity contribution is -0.142. The number of rotatable bonds is 6. The van der Waals surface area contributed by atoms with E-state index >= 15 is 0 Å². The molecule has 3 rings (SSSR count). The van der Waals surface area contributed by atoms with Crippen LogP contribution in [0.1, 0.15) is 15.9 Å². The van der Waals surface area contributed by atoms with Crippen LogP contribution in [0.2, 0.25) is 0 Å². The largest absolute Gasteiger partial charge is 0.508 e. The third-order valence-corrected chi connectivity index (χ3v) is 4.42. The quantitative estimate of drug-likeness (QED) is 0.646. The van der Waals surface area contributed by atoms with E-state index in [1.54, 1.807) is 0 Å². The standard InChI is InChI=1S/C23H21NO4/c1-28-23(27)21(24-22(26)19-11-13-20(25)14-12-19)15-16-7-9-18(10-8-16)17-5-3-2-4-6-17/h2-14,21,25H,15H2,1H3,(H,24,26)/t21-/m0/s1. The first kappa shape index (κ1) is 19.2. The summed E-state index contributed by atoms with van der Waals surface area (Å²) in [5, 5.41) is 12.0. The number of carbonyl (C=O) groups excluding carboxylic acids is 2. The van der Waals surface area contributed by atoms with Crippen molar-refractivity contribution in [1.29, 1.82) is 0 Å². The summed E-state index contributed by atoms with van der Waals surface area (Å²) < 4.78 is 4.84. The predicted molar refractivity (Wildman–Crippen MR) is 107 cm³/mol. The van der Waals surface area contributed by atoms with Crippen LogP contribution in [0.25, 0.3) is 11.1 Å². The number of nitrogens with one attached hydrogen (secondary N) is 1. The minimum Gasteiger partial charge on any atom is -0.508 e. The van der Waals surface area contributed by atoms with E-state index < -0.39 is 17.9 Å². The predicted octanol–water partition coefficient (Wildman–Crippen LogP) is 3.57. The molecule has 0 saturated carbocycles. The molecule has 0 unspecified atom stereocenters. The molecule has 0 aliphatic heterocycles. The number of esters is 1. The van der Waals surface area contributed by atoms with Crippen LogP contribution in [0.3, 0.4) is 0 Å². The number of carbonyl (C=O) groups is 2. The first-order chi connectivity index (χ1) is 13.6. The summed E-state index contributed by atoms with van der Waals surface area (Å²) in [4.78, 5) is 24.6. The van der Waals surface area contributed by atoms with Crippen molar-refractivity contribution in [2.24, 2.45) is 0 Å². The van der Waals surface area contributed by atoms with Crippen molar-refractivity contribution in [2.75, 3.05) is 7.11 Å². The Balaban J connectivity index is 1.72. The van der Waals surface area contributed by atoms with Crippen LogP contribution in [-0.4, -0.2) is 30.1 Å². The van der Waals surface area contributed by atoms with Gasteiger partial charge in [-0.1, -0.05) is 54.6 Å². The molecule has 3 aromatic carbocycles. The van der Waals surface area contributed by atoms with E-state index in [1.807, 2.05) is 54.6 Å². The molecule has 28 heavy (non-hydrogen) atoms. The summed E-state index contributed by atoms with van der Waals surface area (Å²) in [6.07, 6.45) is 0.311. The molecule has 0 saturated heterocycles. The molecule has 0 aliphatic rings. The zero-order valence-electron chi connectivity index (χ0n) is 15.5. The third-order valence-electron chi connectivity index (χ3n) is 4.42. The van der Waals surface area contributed by atoms with Crippen LogP contribution in [0.4, 0.5) is 0 Å². The summed E-state index contributed by atoms with van der Waals surface area (Å²) in [6, 6.07) is 22.9. The highest BCUT2D eigenvalue weighted by Crippen LogP contribution is 2.20. The maximum Gasteiger partial charge on any atom is 0.328 e. The van der Waals surface area contributed by atoms with E-state index in [9.17, 15) is 14.7 Å². The zero-order valence-corrected chi connectivity index (χ0v) is 15.5. The van der Waals surface area contributed by atoms with Gasteiger partial charge in [0.2, 0.25) is 0 Å². The second-order valence-electron chi connectivity index (χ2n) is 6.36. The highest BCUT2D eigenvalue weighted by atomic mass is 16.5. The number of phenolic OH excluding ortho intramolecular Hbond substituents is 1. The number of amides is 1. The first-order valence-electron chi connectivity index (χ1n) is 8.89. The van der Waals surface area contributed by atoms with Gasteiger partial charge in [0.15, 0.2) is 0 Å². The van der Waals surface area contributed by atoms with Crippen molar-refractivity contribution in [2.45, 2.75) is 12.5 Å². The van der Waals surface area contributed by atoms with Gasteiger partial charge in [0.1, 0.15) is 11.8 Å². The zero-order chi connectivity index (χ0) is 19.9. The summed E-state index contributed by atoms with van der Waals surface area (Å²) in [5.74, 6) is -0.852. The van der Waals surface area contributed by atoms with Gasteiger partial charge in [-0.15, -0.1) is 0 Å². The summed E-state index contributed by atoms with van der Waals surface area (Å²) in [5.41, 5.74) is 3.44. The van der Waals surface area contributed by atoms with E-state index in [-0.39, 0.29) is 5.75 Å². The van der Waals surface area contributed by atoms with Crippen molar-refractivity contribution >= 4 is 11.9 Å². The Morgan fingerprint density at radius 3 is 2.11 bits per heavy atom. The minimum absolute atomic E-state index is 0.0690. The Morgan fingerprint density at radius 1 is 0.893 bits per heavy atom. The summed E-state index contributed by atoms with van der Waals surface area (Å²) in [6.45, 7) is 0. The van der Waals surface area contributed by atoms with Gasteiger partial charge in [-0.2, -0.15) is 0 Å². The third kappa shape index (κ3) is 4.76. The highest BCUT2D eigenvalue weighted by molar-refractivity contribution is 5.96. The van der Waals surface area contributed by atoms with E-state index in [1.165, 1.54) is 31.4 Å². The van der Waals surface area contributed by atoms with Gasteiger partial charge in [0.05, 0.1) is 7.11 Å². The molecule has 0 bridgehead atoms. The molecule has 0 aromatic heterocycles. The first-order valence-corrected chi connectivity index (χ1v) is 8.89. The van der Waals surface area contributed by atoms with Gasteiger partial charge in [-0.05, 0) is 41.0 Å². The molecule has 2 N–H and O–H groups in total. The van der Waals surface area contributed by atoms with E-state index in [0.717, 1.165) is 16.7 Å². The molecule has 3 aromatic rings. The molecule has 5 nitrogen and oxygen atoms in total. The Kier molecular flexibility index (Phi) is 6.07. The number of methoxy groups -OCH3 is 1. The molecule has 0 radical (unpaired) electrons. The fourth-order valence-corrected chi connectivity index (χ4v) is 2.89. The molecule has 142 valence electrons. The monoisotopic (exact) mass is 375 g/mol. The molecule has 0 fully saturated rings.